The first-order valence-corrected chi connectivity index (χ1v) is 8.40. The van der Waals surface area contributed by atoms with Gasteiger partial charge in [-0.2, -0.15) is 0 Å². The number of carbonyl (C=O) groups excluding carboxylic acids is 1. The van der Waals surface area contributed by atoms with Gasteiger partial charge in [-0.3, -0.25) is 11.0 Å². The zero-order chi connectivity index (χ0) is 16.8. The number of hydrogen-bond acceptors (Lipinski definition) is 4. The molecule has 8 heteroatoms. The molecular formula is C15H20O6PY-. The average molecular weight is 416 g/mol. The van der Waals surface area contributed by atoms with E-state index >= 15 is 0 Å². The van der Waals surface area contributed by atoms with Crippen LogP contribution in [0.5, 0.6) is 5.75 Å². The second-order valence-electron chi connectivity index (χ2n) is 4.91. The summed E-state index contributed by atoms with van der Waals surface area (Å²) >= 11 is 0. The van der Waals surface area contributed by atoms with E-state index in [1.807, 2.05) is 6.92 Å². The Kier molecular flexibility index (Phi) is 10.1. The predicted molar refractivity (Wildman–Crippen MR) is 82.5 cm³/mol. The van der Waals surface area contributed by atoms with E-state index in [0.29, 0.717) is 16.9 Å². The Labute approximate surface area is 161 Å². The summed E-state index contributed by atoms with van der Waals surface area (Å²) in [6.45, 7) is 7.07. The zero-order valence-corrected chi connectivity index (χ0v) is 16.9. The van der Waals surface area contributed by atoms with Crippen molar-refractivity contribution in [2.75, 3.05) is 13.2 Å². The van der Waals surface area contributed by atoms with E-state index in [9.17, 15) is 9.36 Å². The van der Waals surface area contributed by atoms with Crippen LogP contribution in [0.15, 0.2) is 30.4 Å². The number of carbonyl (C=O) groups is 1. The summed E-state index contributed by atoms with van der Waals surface area (Å²) in [5, 5.41) is 0. The van der Waals surface area contributed by atoms with E-state index in [-0.39, 0.29) is 52.1 Å². The molecule has 0 amide bonds. The number of rotatable bonds is 8. The SMILES string of the molecule is C=C(C)C(=O)OC[CH-]COc1ccc(C)cc1CP(=O)(O)O.[Y]. The molecule has 1 rings (SSSR count). The third-order valence-electron chi connectivity index (χ3n) is 2.63. The van der Waals surface area contributed by atoms with Gasteiger partial charge in [0.1, 0.15) is 5.75 Å². The molecular weight excluding hydrogens is 396 g/mol. The van der Waals surface area contributed by atoms with Crippen LogP contribution in [-0.4, -0.2) is 29.0 Å². The fourth-order valence-electron chi connectivity index (χ4n) is 1.65. The van der Waals surface area contributed by atoms with Crippen LogP contribution in [0.2, 0.25) is 0 Å². The molecule has 0 bridgehead atoms. The van der Waals surface area contributed by atoms with Gasteiger partial charge in [0.2, 0.25) is 0 Å². The normalized spacial score (nSPS) is 10.6. The molecule has 6 nitrogen and oxygen atoms in total. The molecule has 0 saturated carbocycles. The number of esters is 1. The van der Waals surface area contributed by atoms with Crippen LogP contribution in [0.1, 0.15) is 18.1 Å². The largest absolute Gasteiger partial charge is 0.525 e. The standard InChI is InChI=1S/C15H20O6P.Y/c1-11(2)15(16)21-8-4-7-20-14-6-5-12(3)9-13(14)10-22(17,18)19;/h4-6,9H,1,7-8,10H2,2-3H3,(H2,17,18,19);/q-1;. The molecule has 0 aromatic heterocycles. The molecule has 0 aliphatic heterocycles. The molecule has 1 radical (unpaired) electrons. The van der Waals surface area contributed by atoms with Crippen LogP contribution in [0, 0.1) is 13.3 Å². The number of benzene rings is 1. The van der Waals surface area contributed by atoms with Gasteiger partial charge >= 0.3 is 13.6 Å². The van der Waals surface area contributed by atoms with Crippen molar-refractivity contribution in [3.05, 3.63) is 47.9 Å². The number of ether oxygens (including phenoxy) is 2. The minimum atomic E-state index is -4.17. The maximum Gasteiger partial charge on any atom is 0.330 e. The van der Waals surface area contributed by atoms with Gasteiger partial charge < -0.3 is 19.3 Å². The molecule has 0 atom stereocenters. The maximum absolute atomic E-state index is 11.2. The molecule has 1 aromatic rings. The van der Waals surface area contributed by atoms with E-state index in [2.05, 4.69) is 6.58 Å². The molecule has 0 saturated heterocycles. The van der Waals surface area contributed by atoms with E-state index in [1.54, 1.807) is 31.5 Å². The van der Waals surface area contributed by atoms with Crippen molar-refractivity contribution in [1.82, 2.24) is 0 Å². The predicted octanol–water partition coefficient (Wildman–Crippen LogP) is 2.37. The Morgan fingerprint density at radius 2 is 2.00 bits per heavy atom. The van der Waals surface area contributed by atoms with Gasteiger partial charge in [0.05, 0.1) is 6.16 Å². The fraction of sp³-hybridized carbons (Fsp3) is 0.333. The Balaban J connectivity index is 0.00000484. The molecule has 1 aromatic carbocycles. The Hall–Kier alpha value is -0.516. The fourth-order valence-corrected chi connectivity index (χ4v) is 2.34. The molecule has 0 aliphatic rings. The first-order chi connectivity index (χ1) is 10.2. The van der Waals surface area contributed by atoms with Gasteiger partial charge in [0.15, 0.2) is 0 Å². The van der Waals surface area contributed by atoms with Crippen LogP contribution >= 0.6 is 7.60 Å². The summed E-state index contributed by atoms with van der Waals surface area (Å²) < 4.78 is 21.5. The van der Waals surface area contributed by atoms with Gasteiger partial charge in [0.25, 0.3) is 0 Å². The minimum Gasteiger partial charge on any atom is -0.525 e. The molecule has 0 heterocycles. The topological polar surface area (TPSA) is 93.1 Å². The summed E-state index contributed by atoms with van der Waals surface area (Å²) in [5.74, 6) is -0.0785. The van der Waals surface area contributed by atoms with E-state index in [4.69, 9.17) is 19.3 Å². The summed E-state index contributed by atoms with van der Waals surface area (Å²) in [7, 11) is -4.17. The third-order valence-corrected chi connectivity index (χ3v) is 3.38. The number of aryl methyl sites for hydroxylation is 1. The molecule has 125 valence electrons. The molecule has 0 aliphatic carbocycles. The van der Waals surface area contributed by atoms with Crippen LogP contribution in [-0.2, 0) is 53.0 Å². The van der Waals surface area contributed by atoms with Crippen molar-refractivity contribution in [2.24, 2.45) is 0 Å². The minimum absolute atomic E-state index is 0. The van der Waals surface area contributed by atoms with Crippen LogP contribution < -0.4 is 4.74 Å². The molecule has 0 spiro atoms. The molecule has 23 heavy (non-hydrogen) atoms. The van der Waals surface area contributed by atoms with Crippen molar-refractivity contribution in [3.8, 4) is 5.75 Å². The van der Waals surface area contributed by atoms with Crippen LogP contribution in [0.25, 0.3) is 0 Å². The van der Waals surface area contributed by atoms with Crippen molar-refractivity contribution in [1.29, 1.82) is 0 Å². The van der Waals surface area contributed by atoms with E-state index < -0.39 is 13.6 Å². The van der Waals surface area contributed by atoms with Gasteiger partial charge in [0, 0.05) is 43.8 Å². The molecule has 0 fully saturated rings. The smallest absolute Gasteiger partial charge is 0.330 e. The third kappa shape index (κ3) is 9.38. The Bertz CT molecular complexity index is 596. The maximum atomic E-state index is 11.2. The summed E-state index contributed by atoms with van der Waals surface area (Å²) in [6.07, 6.45) is 1.22. The van der Waals surface area contributed by atoms with Gasteiger partial charge in [-0.05, 0) is 33.1 Å². The zero-order valence-electron chi connectivity index (χ0n) is 13.2. The quantitative estimate of drug-likeness (QED) is 0.222. The Morgan fingerprint density at radius 3 is 2.57 bits per heavy atom. The molecule has 2 N–H and O–H groups in total. The first-order valence-electron chi connectivity index (χ1n) is 6.60. The van der Waals surface area contributed by atoms with Gasteiger partial charge in [-0.25, -0.2) is 4.79 Å². The first kappa shape index (κ1) is 22.5. The van der Waals surface area contributed by atoms with E-state index in [0.717, 1.165) is 5.56 Å². The molecule has 0 unspecified atom stereocenters. The van der Waals surface area contributed by atoms with Gasteiger partial charge in [-0.1, -0.05) is 24.3 Å². The Morgan fingerprint density at radius 1 is 1.35 bits per heavy atom. The van der Waals surface area contributed by atoms with Crippen molar-refractivity contribution < 1.29 is 61.3 Å². The monoisotopic (exact) mass is 416 g/mol. The average Bonchev–Trinajstić information content (AvgIpc) is 2.38. The van der Waals surface area contributed by atoms with Crippen molar-refractivity contribution >= 4 is 13.6 Å². The van der Waals surface area contributed by atoms with Gasteiger partial charge in [-0.15, -0.1) is 0 Å². The van der Waals surface area contributed by atoms with E-state index in [1.165, 1.54) is 0 Å². The van der Waals surface area contributed by atoms with Crippen LogP contribution in [0.3, 0.4) is 0 Å². The summed E-state index contributed by atoms with van der Waals surface area (Å²) in [4.78, 5) is 29.3. The second-order valence-corrected chi connectivity index (χ2v) is 6.56. The van der Waals surface area contributed by atoms with Crippen molar-refractivity contribution in [3.63, 3.8) is 0 Å². The second kappa shape index (κ2) is 10.4. The van der Waals surface area contributed by atoms with Crippen molar-refractivity contribution in [2.45, 2.75) is 20.0 Å². The summed E-state index contributed by atoms with van der Waals surface area (Å²) in [5.41, 5.74) is 1.65. The number of hydrogen-bond donors (Lipinski definition) is 2. The summed E-state index contributed by atoms with van der Waals surface area (Å²) in [6, 6.07) is 5.13. The van der Waals surface area contributed by atoms with Crippen LogP contribution in [0.4, 0.5) is 0 Å².